The number of hydrogen-bond acceptors (Lipinski definition) is 20. The molecular formula is C80H96N8O12Si8. The van der Waals surface area contributed by atoms with Gasteiger partial charge in [-0.3, -0.25) is 39.9 Å². The van der Waals surface area contributed by atoms with E-state index in [1.807, 2.05) is 292 Å². The summed E-state index contributed by atoms with van der Waals surface area (Å²) < 4.78 is 100. The standard InChI is InChI=1S/C80H96N8O12Si8/c1-9-33-73(34-10-1)65-81-49-25-57-101-89-102(58-26-50-82-66-74-35-11-2-12-36-74)92-105(61-29-53-85-69-77-41-17-5-18-42-77)94-103(90-101,59-27-51-83-67-75-37-13-3-14-38-75)96-107(63-31-55-87-71-79-45-21-7-22-46-79)97-104(91-101,60-28-52-84-68-76-39-15-4-16-40-76)95-106(93-102,62-30-54-86-70-78-43-19-6-20-44-78)99-108(98-105,100-107)64-32-56-88-72-80-47-23-8-24-48-80/h1-24,33-48,65-72H,25-32,49-64H2. The van der Waals surface area contributed by atoms with E-state index in [0.29, 0.717) is 104 Å². The maximum absolute atomic E-state index is 8.36. The van der Waals surface area contributed by atoms with E-state index >= 15 is 0 Å². The Labute approximate surface area is 644 Å². The Morgan fingerprint density at radius 1 is 0.157 bits per heavy atom. The summed E-state index contributed by atoms with van der Waals surface area (Å²) in [6, 6.07) is 82.6. The third-order valence-corrected chi connectivity index (χ3v) is 55.8. The largest absolute Gasteiger partial charge is 0.478 e. The van der Waals surface area contributed by atoms with Gasteiger partial charge in [0.1, 0.15) is 0 Å². The maximum Gasteiger partial charge on any atom is 0.478 e. The molecule has 8 aromatic rings. The van der Waals surface area contributed by atoms with Crippen molar-refractivity contribution in [2.45, 2.75) is 99.7 Å². The van der Waals surface area contributed by atoms with Gasteiger partial charge in [-0.25, -0.2) is 0 Å². The Balaban J connectivity index is 0.995. The highest BCUT2D eigenvalue weighted by molar-refractivity contribution is 7.03. The summed E-state index contributed by atoms with van der Waals surface area (Å²) in [7, 11) is -36.1. The number of nitrogens with zero attached hydrogens (tertiary/aromatic N) is 8. The van der Waals surface area contributed by atoms with Gasteiger partial charge in [0.05, 0.1) is 0 Å². The second-order valence-electron chi connectivity index (χ2n) is 27.1. The molecule has 0 amide bonds. The van der Waals surface area contributed by atoms with Gasteiger partial charge in [0, 0.05) is 150 Å². The molecule has 28 heteroatoms. The molecule has 6 aliphatic heterocycles. The molecule has 0 radical (unpaired) electrons. The van der Waals surface area contributed by atoms with Crippen LogP contribution in [0.25, 0.3) is 0 Å². The van der Waals surface area contributed by atoms with E-state index in [-0.39, 0.29) is 48.4 Å². The van der Waals surface area contributed by atoms with E-state index < -0.39 is 70.4 Å². The van der Waals surface area contributed by atoms with Crippen molar-refractivity contribution in [3.05, 3.63) is 287 Å². The van der Waals surface area contributed by atoms with Crippen LogP contribution in [-0.4, -0.2) is 173 Å². The first-order chi connectivity index (χ1) is 53.1. The van der Waals surface area contributed by atoms with Gasteiger partial charge in [0.15, 0.2) is 0 Å². The zero-order valence-electron chi connectivity index (χ0n) is 61.2. The third kappa shape index (κ3) is 23.2. The summed E-state index contributed by atoms with van der Waals surface area (Å²) in [5, 5.41) is 0. The average Bonchev–Trinajstić information content (AvgIpc) is 0.687. The molecule has 6 saturated heterocycles. The minimum atomic E-state index is -4.51. The fourth-order valence-corrected chi connectivity index (χ4v) is 63.6. The van der Waals surface area contributed by atoms with Crippen LogP contribution in [0, 0.1) is 0 Å². The topological polar surface area (TPSA) is 210 Å². The van der Waals surface area contributed by atoms with Gasteiger partial charge in [-0.05, 0) is 95.9 Å². The second kappa shape index (κ2) is 39.3. The van der Waals surface area contributed by atoms with Gasteiger partial charge in [-0.1, -0.05) is 243 Å². The molecule has 20 nitrogen and oxygen atoms in total. The van der Waals surface area contributed by atoms with Crippen LogP contribution in [0.4, 0.5) is 0 Å². The molecule has 8 bridgehead atoms. The smallest absolute Gasteiger partial charge is 0.373 e. The van der Waals surface area contributed by atoms with E-state index in [0.717, 1.165) is 44.5 Å². The quantitative estimate of drug-likeness (QED) is 0.0199. The summed E-state index contributed by atoms with van der Waals surface area (Å²) in [6.07, 6.45) is 18.9. The van der Waals surface area contributed by atoms with E-state index in [9.17, 15) is 0 Å². The van der Waals surface area contributed by atoms with Crippen molar-refractivity contribution >= 4 is 120 Å². The van der Waals surface area contributed by atoms with E-state index in [1.54, 1.807) is 0 Å². The fraction of sp³-hybridized carbons (Fsp3) is 0.300. The van der Waals surface area contributed by atoms with Crippen molar-refractivity contribution in [2.24, 2.45) is 39.9 Å². The summed E-state index contributed by atoms with van der Waals surface area (Å²) in [5.74, 6) is 0. The Bertz CT molecular complexity index is 3400. The van der Waals surface area contributed by atoms with E-state index in [2.05, 4.69) is 0 Å². The maximum atomic E-state index is 8.36. The van der Waals surface area contributed by atoms with E-state index in [1.165, 1.54) is 0 Å². The van der Waals surface area contributed by atoms with Gasteiger partial charge in [0.2, 0.25) is 0 Å². The predicted molar refractivity (Wildman–Crippen MR) is 446 cm³/mol. The van der Waals surface area contributed by atoms with Crippen molar-refractivity contribution in [1.82, 2.24) is 0 Å². The molecule has 0 atom stereocenters. The molecule has 8 aromatic carbocycles. The lowest BCUT2D eigenvalue weighted by Gasteiger charge is -2.63. The summed E-state index contributed by atoms with van der Waals surface area (Å²) >= 11 is 0. The lowest BCUT2D eigenvalue weighted by molar-refractivity contribution is -0.0309. The molecule has 108 heavy (non-hydrogen) atoms. The number of aliphatic imine (C=N–C) groups is 8. The first-order valence-electron chi connectivity index (χ1n) is 37.9. The molecule has 0 N–H and O–H groups in total. The summed E-state index contributed by atoms with van der Waals surface area (Å²) in [4.78, 5) is 40.3. The molecular weight excluding hydrogens is 1490 g/mol. The fourth-order valence-electron chi connectivity index (χ4n) is 13.3. The molecule has 0 unspecified atom stereocenters. The lowest BCUT2D eigenvalue weighted by Crippen LogP contribution is -2.88. The van der Waals surface area contributed by atoms with Crippen LogP contribution in [0.3, 0.4) is 0 Å². The first kappa shape index (κ1) is 78.5. The van der Waals surface area contributed by atoms with Crippen molar-refractivity contribution in [3.63, 3.8) is 0 Å². The minimum absolute atomic E-state index is 0.229. The molecule has 0 spiro atoms. The molecule has 560 valence electrons. The van der Waals surface area contributed by atoms with Crippen molar-refractivity contribution in [1.29, 1.82) is 0 Å². The molecule has 6 heterocycles. The molecule has 0 aliphatic carbocycles. The lowest BCUT2D eigenvalue weighted by atomic mass is 10.2. The van der Waals surface area contributed by atoms with Crippen LogP contribution in [0.1, 0.15) is 95.9 Å². The molecule has 14 rings (SSSR count). The van der Waals surface area contributed by atoms with E-state index in [4.69, 9.17) is 89.3 Å². The Hall–Kier alpha value is -7.62. The summed E-state index contributed by atoms with van der Waals surface area (Å²) in [6.45, 7) is 3.15. The Morgan fingerprint density at radius 3 is 0.361 bits per heavy atom. The van der Waals surface area contributed by atoms with Crippen LogP contribution < -0.4 is 0 Å². The van der Waals surface area contributed by atoms with Gasteiger partial charge in [-0.2, -0.15) is 0 Å². The van der Waals surface area contributed by atoms with Crippen molar-refractivity contribution < 1.29 is 49.4 Å². The normalized spacial score (nSPS) is 26.2. The number of benzene rings is 8. The van der Waals surface area contributed by atoms with Crippen molar-refractivity contribution in [3.8, 4) is 0 Å². The highest BCUT2D eigenvalue weighted by Crippen LogP contribution is 2.55. The average molecular weight is 1590 g/mol. The van der Waals surface area contributed by atoms with Crippen LogP contribution in [-0.2, 0) is 49.4 Å². The van der Waals surface area contributed by atoms with Gasteiger partial charge in [0.25, 0.3) is 0 Å². The highest BCUT2D eigenvalue weighted by atomic mass is 28.6. The molecule has 6 aliphatic rings. The van der Waals surface area contributed by atoms with Crippen molar-refractivity contribution in [2.75, 3.05) is 52.4 Å². The number of hydrogen-bond donors (Lipinski definition) is 0. The SMILES string of the molecule is C(=NCCC[Si]12O[Si]3(CCCN=Cc4ccccc4)O[Si]4(CCCN=Cc5ccccc5)O[Si](CCCN=Cc5ccccc5)(O1)O[Si]1(CCCN=Cc5ccccc5)O[Si](CCCN=Cc5ccccc5)(O2)O[Si](CCCN=Cc2ccccc2)(O3)O[Si](CCCN=Cc2ccccc2)(O4)O1)c1ccccc1. The van der Waals surface area contributed by atoms with Crippen LogP contribution in [0.2, 0.25) is 48.4 Å². The van der Waals surface area contributed by atoms with Crippen LogP contribution in [0.15, 0.2) is 283 Å². The first-order valence-corrected chi connectivity index (χ1v) is 53.4. The van der Waals surface area contributed by atoms with Crippen LogP contribution in [0.5, 0.6) is 0 Å². The summed E-state index contributed by atoms with van der Waals surface area (Å²) in [5.41, 5.74) is 7.83. The molecule has 0 aromatic heterocycles. The van der Waals surface area contributed by atoms with Gasteiger partial charge >= 0.3 is 70.4 Å². The monoisotopic (exact) mass is 1580 g/mol. The van der Waals surface area contributed by atoms with Gasteiger partial charge in [-0.15, -0.1) is 0 Å². The molecule has 0 saturated carbocycles. The van der Waals surface area contributed by atoms with Gasteiger partial charge < -0.3 is 49.4 Å². The third-order valence-electron chi connectivity index (χ3n) is 18.2. The Kier molecular flexibility index (Phi) is 28.6. The van der Waals surface area contributed by atoms with Crippen LogP contribution >= 0.6 is 0 Å². The Morgan fingerprint density at radius 2 is 0.259 bits per heavy atom. The molecule has 6 fully saturated rings. The highest BCUT2D eigenvalue weighted by Gasteiger charge is 2.83. The number of rotatable bonds is 40. The second-order valence-corrected chi connectivity index (χ2v) is 51.8. The predicted octanol–water partition coefficient (Wildman–Crippen LogP) is 15.8. The zero-order chi connectivity index (χ0) is 73.7. The zero-order valence-corrected chi connectivity index (χ0v) is 69.2. The minimum Gasteiger partial charge on any atom is -0.373 e.